The van der Waals surface area contributed by atoms with E-state index in [0.717, 1.165) is 29.6 Å². The number of H-pyrrole nitrogens is 1. The molecule has 1 amide bonds. The maximum atomic E-state index is 12.3. The van der Waals surface area contributed by atoms with E-state index in [1.165, 1.54) is 5.69 Å². The van der Waals surface area contributed by atoms with Gasteiger partial charge in [-0.15, -0.1) is 0 Å². The quantitative estimate of drug-likeness (QED) is 0.532. The van der Waals surface area contributed by atoms with Crippen LogP contribution in [0.2, 0.25) is 0 Å². The number of nitrogens with one attached hydrogen (secondary N) is 2. The Morgan fingerprint density at radius 2 is 1.88 bits per heavy atom. The van der Waals surface area contributed by atoms with Crippen molar-refractivity contribution < 1.29 is 4.79 Å². The molecule has 5 heteroatoms. The molecule has 0 aliphatic rings. The Kier molecular flexibility index (Phi) is 5.14. The number of carbonyl (C=O) groups excluding carboxylic acids is 1. The van der Waals surface area contributed by atoms with Crippen molar-refractivity contribution in [1.29, 1.82) is 0 Å². The molecule has 0 unspecified atom stereocenters. The SMILES string of the molecule is CCN(CC)c1ccc(/C=N\NC(=O)c2cccc3cc[nH]c23)cc1. The average Bonchev–Trinajstić information content (AvgIpc) is 3.12. The zero-order valence-electron chi connectivity index (χ0n) is 14.5. The van der Waals surface area contributed by atoms with Gasteiger partial charge >= 0.3 is 0 Å². The summed E-state index contributed by atoms with van der Waals surface area (Å²) >= 11 is 0. The summed E-state index contributed by atoms with van der Waals surface area (Å²) in [5.74, 6) is -0.232. The Bertz CT molecular complexity index is 876. The highest BCUT2D eigenvalue weighted by molar-refractivity contribution is 6.05. The molecule has 0 aliphatic heterocycles. The van der Waals surface area contributed by atoms with Gasteiger partial charge in [0.1, 0.15) is 0 Å². The van der Waals surface area contributed by atoms with Crippen LogP contribution in [0.4, 0.5) is 5.69 Å². The molecular weight excluding hydrogens is 312 g/mol. The molecule has 1 aromatic heterocycles. The number of fused-ring (bicyclic) bond motifs is 1. The van der Waals surface area contributed by atoms with Crippen LogP contribution < -0.4 is 10.3 Å². The summed E-state index contributed by atoms with van der Waals surface area (Å²) in [5.41, 5.74) is 6.11. The lowest BCUT2D eigenvalue weighted by Gasteiger charge is -2.20. The van der Waals surface area contributed by atoms with Crippen molar-refractivity contribution in [2.24, 2.45) is 5.10 Å². The maximum absolute atomic E-state index is 12.3. The van der Waals surface area contributed by atoms with E-state index < -0.39 is 0 Å². The number of para-hydroxylation sites is 1. The van der Waals surface area contributed by atoms with Crippen LogP contribution in [0.25, 0.3) is 10.9 Å². The molecule has 0 radical (unpaired) electrons. The molecule has 1 heterocycles. The molecular formula is C20H22N4O. The molecule has 0 saturated carbocycles. The highest BCUT2D eigenvalue weighted by atomic mass is 16.2. The first-order valence-corrected chi connectivity index (χ1v) is 8.47. The standard InChI is InChI=1S/C20H22N4O/c1-3-24(4-2)17-10-8-15(9-11-17)14-22-23-20(25)18-7-5-6-16-12-13-21-19(16)18/h5-14,21H,3-4H2,1-2H3,(H,23,25)/b22-14-. The van der Waals surface area contributed by atoms with E-state index in [1.54, 1.807) is 12.3 Å². The predicted octanol–water partition coefficient (Wildman–Crippen LogP) is 3.78. The van der Waals surface area contributed by atoms with E-state index in [1.807, 2.05) is 36.5 Å². The van der Waals surface area contributed by atoms with Crippen LogP contribution in [-0.2, 0) is 0 Å². The molecule has 2 N–H and O–H groups in total. The van der Waals surface area contributed by atoms with Crippen molar-refractivity contribution in [3.8, 4) is 0 Å². The molecule has 3 rings (SSSR count). The predicted molar refractivity (Wildman–Crippen MR) is 103 cm³/mol. The molecule has 0 fully saturated rings. The number of aromatic amines is 1. The van der Waals surface area contributed by atoms with Crippen molar-refractivity contribution in [2.75, 3.05) is 18.0 Å². The third kappa shape index (κ3) is 3.71. The minimum atomic E-state index is -0.232. The molecule has 0 atom stereocenters. The number of hydrogen-bond donors (Lipinski definition) is 2. The first kappa shape index (κ1) is 16.8. The van der Waals surface area contributed by atoms with E-state index in [9.17, 15) is 4.79 Å². The van der Waals surface area contributed by atoms with Gasteiger partial charge in [0, 0.05) is 30.4 Å². The summed E-state index contributed by atoms with van der Waals surface area (Å²) in [4.78, 5) is 17.7. The second kappa shape index (κ2) is 7.66. The molecule has 3 aromatic rings. The summed E-state index contributed by atoms with van der Waals surface area (Å²) < 4.78 is 0. The highest BCUT2D eigenvalue weighted by Crippen LogP contribution is 2.17. The third-order valence-electron chi connectivity index (χ3n) is 4.23. The maximum Gasteiger partial charge on any atom is 0.273 e. The van der Waals surface area contributed by atoms with Gasteiger partial charge in [-0.3, -0.25) is 4.79 Å². The number of nitrogens with zero attached hydrogens (tertiary/aromatic N) is 2. The summed E-state index contributed by atoms with van der Waals surface area (Å²) in [6.07, 6.45) is 3.47. The van der Waals surface area contributed by atoms with E-state index in [4.69, 9.17) is 0 Å². The van der Waals surface area contributed by atoms with Gasteiger partial charge in [0.05, 0.1) is 17.3 Å². The van der Waals surface area contributed by atoms with E-state index >= 15 is 0 Å². The highest BCUT2D eigenvalue weighted by Gasteiger charge is 2.09. The molecule has 25 heavy (non-hydrogen) atoms. The lowest BCUT2D eigenvalue weighted by molar-refractivity contribution is 0.0956. The van der Waals surface area contributed by atoms with Gasteiger partial charge in [-0.05, 0) is 43.7 Å². The Hall–Kier alpha value is -3.08. The Morgan fingerprint density at radius 3 is 2.60 bits per heavy atom. The van der Waals surface area contributed by atoms with Gasteiger partial charge in [-0.1, -0.05) is 24.3 Å². The van der Waals surface area contributed by atoms with Gasteiger partial charge in [0.15, 0.2) is 0 Å². The zero-order valence-corrected chi connectivity index (χ0v) is 14.5. The topological polar surface area (TPSA) is 60.5 Å². The van der Waals surface area contributed by atoms with Crippen LogP contribution in [0.15, 0.2) is 59.8 Å². The average molecular weight is 334 g/mol. The Labute approximate surface area is 147 Å². The number of anilines is 1. The molecule has 2 aromatic carbocycles. The monoisotopic (exact) mass is 334 g/mol. The zero-order chi connectivity index (χ0) is 17.6. The van der Waals surface area contributed by atoms with Crippen LogP contribution in [-0.4, -0.2) is 30.2 Å². The molecule has 0 saturated heterocycles. The molecule has 0 aliphatic carbocycles. The number of hydrazone groups is 1. The normalized spacial score (nSPS) is 11.1. The number of amides is 1. The van der Waals surface area contributed by atoms with Crippen molar-refractivity contribution in [2.45, 2.75) is 13.8 Å². The number of hydrogen-bond acceptors (Lipinski definition) is 3. The van der Waals surface area contributed by atoms with Crippen molar-refractivity contribution >= 4 is 28.7 Å². The van der Waals surface area contributed by atoms with Crippen molar-refractivity contribution in [3.63, 3.8) is 0 Å². The fraction of sp³-hybridized carbons (Fsp3) is 0.200. The minimum absolute atomic E-state index is 0.232. The van der Waals surface area contributed by atoms with Crippen LogP contribution in [0.3, 0.4) is 0 Å². The summed E-state index contributed by atoms with van der Waals surface area (Å²) in [6, 6.07) is 15.7. The van der Waals surface area contributed by atoms with Gasteiger partial charge in [0.2, 0.25) is 0 Å². The number of rotatable bonds is 6. The molecule has 0 spiro atoms. The van der Waals surface area contributed by atoms with Gasteiger partial charge in [-0.25, -0.2) is 5.43 Å². The largest absolute Gasteiger partial charge is 0.372 e. The second-order valence-corrected chi connectivity index (χ2v) is 5.71. The van der Waals surface area contributed by atoms with Crippen molar-refractivity contribution in [1.82, 2.24) is 10.4 Å². The fourth-order valence-corrected chi connectivity index (χ4v) is 2.86. The number of aromatic nitrogens is 1. The second-order valence-electron chi connectivity index (χ2n) is 5.71. The molecule has 0 bridgehead atoms. The smallest absolute Gasteiger partial charge is 0.273 e. The summed E-state index contributed by atoms with van der Waals surface area (Å²) in [7, 11) is 0. The van der Waals surface area contributed by atoms with Gasteiger partial charge in [-0.2, -0.15) is 5.10 Å². The lowest BCUT2D eigenvalue weighted by atomic mass is 10.1. The van der Waals surface area contributed by atoms with Crippen LogP contribution in [0, 0.1) is 0 Å². The van der Waals surface area contributed by atoms with Crippen LogP contribution in [0.1, 0.15) is 29.8 Å². The third-order valence-corrected chi connectivity index (χ3v) is 4.23. The summed E-state index contributed by atoms with van der Waals surface area (Å²) in [6.45, 7) is 6.23. The van der Waals surface area contributed by atoms with E-state index in [0.29, 0.717) is 5.56 Å². The van der Waals surface area contributed by atoms with Crippen LogP contribution in [0.5, 0.6) is 0 Å². The van der Waals surface area contributed by atoms with Gasteiger partial charge in [0.25, 0.3) is 5.91 Å². The van der Waals surface area contributed by atoms with E-state index in [-0.39, 0.29) is 5.91 Å². The Morgan fingerprint density at radius 1 is 1.12 bits per heavy atom. The summed E-state index contributed by atoms with van der Waals surface area (Å²) in [5, 5.41) is 5.08. The van der Waals surface area contributed by atoms with Crippen LogP contribution >= 0.6 is 0 Å². The Balaban J connectivity index is 1.67. The van der Waals surface area contributed by atoms with E-state index in [2.05, 4.69) is 46.4 Å². The fourth-order valence-electron chi connectivity index (χ4n) is 2.86. The minimum Gasteiger partial charge on any atom is -0.372 e. The first-order valence-electron chi connectivity index (χ1n) is 8.47. The molecule has 5 nitrogen and oxygen atoms in total. The number of carbonyl (C=O) groups is 1. The van der Waals surface area contributed by atoms with Gasteiger partial charge < -0.3 is 9.88 Å². The number of benzene rings is 2. The van der Waals surface area contributed by atoms with Crippen molar-refractivity contribution in [3.05, 3.63) is 65.9 Å². The lowest BCUT2D eigenvalue weighted by Crippen LogP contribution is -2.21. The first-order chi connectivity index (χ1) is 12.2. The molecule has 128 valence electrons.